The van der Waals surface area contributed by atoms with Crippen LogP contribution in [0.4, 0.5) is 13.2 Å². The zero-order valence-corrected chi connectivity index (χ0v) is 8.62. The average molecular weight is 239 g/mol. The zero-order chi connectivity index (χ0) is 12.2. The second-order valence-electron chi connectivity index (χ2n) is 3.19. The zero-order valence-electron chi connectivity index (χ0n) is 8.62. The molecule has 1 unspecified atom stereocenters. The highest BCUT2D eigenvalue weighted by Gasteiger charge is 2.30. The summed E-state index contributed by atoms with van der Waals surface area (Å²) in [6.07, 6.45) is -5.66. The highest BCUT2D eigenvalue weighted by molar-refractivity contribution is 4.90. The predicted molar refractivity (Wildman–Crippen MR) is 47.6 cm³/mol. The lowest BCUT2D eigenvalue weighted by atomic mass is 10.2. The number of rotatable bonds is 5. The highest BCUT2D eigenvalue weighted by Crippen LogP contribution is 2.19. The molecule has 0 aliphatic rings. The number of alkyl halides is 3. The molecule has 0 saturated carbocycles. The minimum Gasteiger partial charge on any atom is -0.380 e. The van der Waals surface area contributed by atoms with Gasteiger partial charge in [0.15, 0.2) is 5.82 Å². The van der Waals surface area contributed by atoms with Gasteiger partial charge >= 0.3 is 6.18 Å². The Bertz CT molecular complexity index is 323. The molecule has 0 bridgehead atoms. The number of hydrogen-bond acceptors (Lipinski definition) is 5. The Morgan fingerprint density at radius 3 is 2.69 bits per heavy atom. The molecule has 1 heterocycles. The maximum atomic E-state index is 12.0. The second-order valence-corrected chi connectivity index (χ2v) is 3.19. The largest absolute Gasteiger partial charge is 0.396 e. The van der Waals surface area contributed by atoms with Crippen LogP contribution in [0.15, 0.2) is 4.52 Å². The molecule has 0 saturated heterocycles. The van der Waals surface area contributed by atoms with Crippen LogP contribution in [-0.2, 0) is 17.6 Å². The normalized spacial score (nSPS) is 14.1. The van der Waals surface area contributed by atoms with Crippen molar-refractivity contribution in [2.24, 2.45) is 5.73 Å². The lowest BCUT2D eigenvalue weighted by molar-refractivity contribution is -0.128. The van der Waals surface area contributed by atoms with Gasteiger partial charge in [-0.25, -0.2) is 0 Å². The minimum absolute atomic E-state index is 0.0940. The molecule has 0 spiro atoms. The van der Waals surface area contributed by atoms with Crippen LogP contribution in [0.2, 0.25) is 0 Å². The van der Waals surface area contributed by atoms with Crippen LogP contribution in [-0.4, -0.2) is 36.1 Å². The molecule has 1 aromatic rings. The topological polar surface area (TPSA) is 74.2 Å². The van der Waals surface area contributed by atoms with Gasteiger partial charge in [0, 0.05) is 13.7 Å². The number of aromatic nitrogens is 2. The lowest BCUT2D eigenvalue weighted by Gasteiger charge is -2.08. The summed E-state index contributed by atoms with van der Waals surface area (Å²) in [5.41, 5.74) is 5.34. The Morgan fingerprint density at radius 2 is 2.19 bits per heavy atom. The first kappa shape index (κ1) is 12.9. The SMILES string of the molecule is COC(CN)Cc1nc(CC(F)(F)F)no1. The number of methoxy groups -OCH3 is 1. The molecule has 0 amide bonds. The summed E-state index contributed by atoms with van der Waals surface area (Å²) in [5.74, 6) is -0.286. The molecule has 16 heavy (non-hydrogen) atoms. The van der Waals surface area contributed by atoms with Gasteiger partial charge in [-0.1, -0.05) is 5.16 Å². The Kier molecular flexibility index (Phi) is 4.25. The van der Waals surface area contributed by atoms with E-state index in [4.69, 9.17) is 10.5 Å². The van der Waals surface area contributed by atoms with Crippen LogP contribution < -0.4 is 5.73 Å². The van der Waals surface area contributed by atoms with Gasteiger partial charge in [0.1, 0.15) is 6.42 Å². The monoisotopic (exact) mass is 239 g/mol. The van der Waals surface area contributed by atoms with Crippen LogP contribution in [0.25, 0.3) is 0 Å². The quantitative estimate of drug-likeness (QED) is 0.818. The second kappa shape index (κ2) is 5.26. The van der Waals surface area contributed by atoms with Crippen molar-refractivity contribution in [2.75, 3.05) is 13.7 Å². The van der Waals surface area contributed by atoms with Crippen molar-refractivity contribution in [2.45, 2.75) is 25.1 Å². The summed E-state index contributed by atoms with van der Waals surface area (Å²) in [6, 6.07) is 0. The van der Waals surface area contributed by atoms with Gasteiger partial charge < -0.3 is 15.0 Å². The highest BCUT2D eigenvalue weighted by atomic mass is 19.4. The van der Waals surface area contributed by atoms with E-state index in [1.165, 1.54) is 7.11 Å². The molecule has 1 rings (SSSR count). The first-order valence-corrected chi connectivity index (χ1v) is 4.55. The number of hydrogen-bond donors (Lipinski definition) is 1. The van der Waals surface area contributed by atoms with E-state index >= 15 is 0 Å². The third-order valence-corrected chi connectivity index (χ3v) is 1.87. The summed E-state index contributed by atoms with van der Waals surface area (Å²) >= 11 is 0. The first-order valence-electron chi connectivity index (χ1n) is 4.55. The fraction of sp³-hybridized carbons (Fsp3) is 0.750. The van der Waals surface area contributed by atoms with Crippen LogP contribution in [0.1, 0.15) is 11.7 Å². The molecule has 2 N–H and O–H groups in total. The van der Waals surface area contributed by atoms with Gasteiger partial charge in [-0.05, 0) is 0 Å². The number of nitrogens with two attached hydrogens (primary N) is 1. The van der Waals surface area contributed by atoms with Crippen LogP contribution in [0, 0.1) is 0 Å². The van der Waals surface area contributed by atoms with Gasteiger partial charge in [0.25, 0.3) is 0 Å². The van der Waals surface area contributed by atoms with E-state index in [1.807, 2.05) is 0 Å². The summed E-state index contributed by atoms with van der Waals surface area (Å²) in [5, 5.41) is 3.22. The van der Waals surface area contributed by atoms with Crippen LogP contribution in [0.5, 0.6) is 0 Å². The number of nitrogens with zero attached hydrogens (tertiary/aromatic N) is 2. The molecule has 8 heteroatoms. The molecular formula is C8H12F3N3O2. The van der Waals surface area contributed by atoms with Gasteiger partial charge in [0.05, 0.1) is 12.5 Å². The fourth-order valence-electron chi connectivity index (χ4n) is 1.08. The molecule has 0 fully saturated rings. The lowest BCUT2D eigenvalue weighted by Crippen LogP contribution is -2.24. The van der Waals surface area contributed by atoms with Crippen molar-refractivity contribution in [1.29, 1.82) is 0 Å². The van der Waals surface area contributed by atoms with Crippen molar-refractivity contribution in [1.82, 2.24) is 10.1 Å². The van der Waals surface area contributed by atoms with E-state index in [0.29, 0.717) is 0 Å². The molecular weight excluding hydrogens is 227 g/mol. The van der Waals surface area contributed by atoms with E-state index in [-0.39, 0.29) is 30.8 Å². The van der Waals surface area contributed by atoms with E-state index < -0.39 is 12.6 Å². The molecule has 0 aliphatic carbocycles. The number of halogens is 3. The third-order valence-electron chi connectivity index (χ3n) is 1.87. The third kappa shape index (κ3) is 4.15. The van der Waals surface area contributed by atoms with E-state index in [0.717, 1.165) is 0 Å². The van der Waals surface area contributed by atoms with Gasteiger partial charge in [-0.15, -0.1) is 0 Å². The fourth-order valence-corrected chi connectivity index (χ4v) is 1.08. The van der Waals surface area contributed by atoms with Gasteiger partial charge in [-0.2, -0.15) is 18.2 Å². The number of ether oxygens (including phenoxy) is 1. The Labute approximate surface area is 89.8 Å². The van der Waals surface area contributed by atoms with E-state index in [1.54, 1.807) is 0 Å². The Morgan fingerprint density at radius 1 is 1.50 bits per heavy atom. The summed E-state index contributed by atoms with van der Waals surface area (Å²) in [4.78, 5) is 3.60. The van der Waals surface area contributed by atoms with Crippen molar-refractivity contribution < 1.29 is 22.4 Å². The van der Waals surface area contributed by atoms with Gasteiger partial charge in [0.2, 0.25) is 5.89 Å². The maximum absolute atomic E-state index is 12.0. The first-order chi connectivity index (χ1) is 7.44. The van der Waals surface area contributed by atoms with Crippen LogP contribution >= 0.6 is 0 Å². The Balaban J connectivity index is 2.57. The minimum atomic E-state index is -4.34. The summed E-state index contributed by atoms with van der Waals surface area (Å²) in [6.45, 7) is 0.230. The van der Waals surface area contributed by atoms with Crippen LogP contribution in [0.3, 0.4) is 0 Å². The molecule has 0 aromatic carbocycles. The molecule has 1 atom stereocenters. The van der Waals surface area contributed by atoms with Gasteiger partial charge in [-0.3, -0.25) is 0 Å². The summed E-state index contributed by atoms with van der Waals surface area (Å²) < 4.78 is 45.5. The maximum Gasteiger partial charge on any atom is 0.396 e. The molecule has 92 valence electrons. The van der Waals surface area contributed by atoms with E-state index in [2.05, 4.69) is 14.7 Å². The molecule has 0 aliphatic heterocycles. The molecule has 5 nitrogen and oxygen atoms in total. The van der Waals surface area contributed by atoms with Crippen molar-refractivity contribution >= 4 is 0 Å². The molecule has 1 aromatic heterocycles. The van der Waals surface area contributed by atoms with Crippen molar-refractivity contribution in [3.05, 3.63) is 11.7 Å². The van der Waals surface area contributed by atoms with Crippen molar-refractivity contribution in [3.8, 4) is 0 Å². The van der Waals surface area contributed by atoms with E-state index in [9.17, 15) is 13.2 Å². The smallest absolute Gasteiger partial charge is 0.380 e. The average Bonchev–Trinajstić information content (AvgIpc) is 2.59. The standard InChI is InChI=1S/C8H12F3N3O2/c1-15-5(4-12)2-7-13-6(14-16-7)3-8(9,10)11/h5H,2-4,12H2,1H3. The van der Waals surface area contributed by atoms with Crippen molar-refractivity contribution in [3.63, 3.8) is 0 Å². The Hall–Kier alpha value is -1.15. The molecule has 0 radical (unpaired) electrons. The predicted octanol–water partition coefficient (Wildman–Crippen LogP) is 0.691. The summed E-state index contributed by atoms with van der Waals surface area (Å²) in [7, 11) is 1.45.